The maximum absolute atomic E-state index is 5.07. The number of rotatable bonds is 8. The zero-order valence-electron chi connectivity index (χ0n) is 12.1. The highest BCUT2D eigenvalue weighted by Gasteiger charge is 2.43. The number of methoxy groups -OCH3 is 1. The zero-order valence-corrected chi connectivity index (χ0v) is 13.7. The quantitative estimate of drug-likeness (QED) is 0.745. The molecule has 0 atom stereocenters. The van der Waals surface area contributed by atoms with E-state index in [9.17, 15) is 0 Å². The third-order valence-electron chi connectivity index (χ3n) is 3.94. The highest BCUT2D eigenvalue weighted by Crippen LogP contribution is 2.48. The number of hydrogen-bond donors (Lipinski definition) is 1. The molecule has 0 bridgehead atoms. The Kier molecular flexibility index (Phi) is 5.03. The summed E-state index contributed by atoms with van der Waals surface area (Å²) in [7, 11) is 1.74. The van der Waals surface area contributed by atoms with E-state index in [0.717, 1.165) is 38.4 Å². The molecule has 1 fully saturated rings. The average Bonchev–Trinajstić information content (AvgIpc) is 3.12. The van der Waals surface area contributed by atoms with Gasteiger partial charge in [-0.3, -0.25) is 4.68 Å². The normalized spacial score (nSPS) is 16.8. The Morgan fingerprint density at radius 2 is 2.21 bits per heavy atom. The lowest BCUT2D eigenvalue weighted by Gasteiger charge is -2.17. The van der Waals surface area contributed by atoms with Gasteiger partial charge in [-0.1, -0.05) is 0 Å². The van der Waals surface area contributed by atoms with Crippen molar-refractivity contribution < 1.29 is 4.74 Å². The molecular weight excluding hydrogens is 306 g/mol. The van der Waals surface area contributed by atoms with E-state index < -0.39 is 0 Å². The molecule has 1 aliphatic carbocycles. The number of aryl methyl sites for hydroxylation is 2. The fourth-order valence-electron chi connectivity index (χ4n) is 2.51. The van der Waals surface area contributed by atoms with Crippen LogP contribution in [0.15, 0.2) is 4.47 Å². The van der Waals surface area contributed by atoms with Gasteiger partial charge in [0.25, 0.3) is 0 Å². The maximum Gasteiger partial charge on any atom is 0.0738 e. The standard InChI is InChI=1S/C14H24BrN3O/c1-4-18-12(13(15)11(2)17-18)9-14(5-6-14)10-16-7-8-19-3/h16H,4-10H2,1-3H3. The highest BCUT2D eigenvalue weighted by atomic mass is 79.9. The zero-order chi connectivity index (χ0) is 13.9. The van der Waals surface area contributed by atoms with Gasteiger partial charge in [-0.05, 0) is 54.5 Å². The fraction of sp³-hybridized carbons (Fsp3) is 0.786. The predicted octanol–water partition coefficient (Wildman–Crippen LogP) is 2.53. The summed E-state index contributed by atoms with van der Waals surface area (Å²) in [6, 6.07) is 0. The van der Waals surface area contributed by atoms with Gasteiger partial charge in [0.1, 0.15) is 0 Å². The van der Waals surface area contributed by atoms with E-state index >= 15 is 0 Å². The molecule has 4 nitrogen and oxygen atoms in total. The van der Waals surface area contributed by atoms with Gasteiger partial charge < -0.3 is 10.1 Å². The third-order valence-corrected chi connectivity index (χ3v) is 4.97. The molecule has 0 spiro atoms. The second-order valence-corrected chi connectivity index (χ2v) is 6.30. The monoisotopic (exact) mass is 329 g/mol. The minimum absolute atomic E-state index is 0.440. The second-order valence-electron chi connectivity index (χ2n) is 5.51. The number of hydrogen-bond acceptors (Lipinski definition) is 3. The lowest BCUT2D eigenvalue weighted by Crippen LogP contribution is -2.29. The van der Waals surface area contributed by atoms with Gasteiger partial charge in [0.15, 0.2) is 0 Å². The van der Waals surface area contributed by atoms with Crippen molar-refractivity contribution in [3.8, 4) is 0 Å². The van der Waals surface area contributed by atoms with E-state index in [1.807, 2.05) is 0 Å². The molecule has 1 N–H and O–H groups in total. The van der Waals surface area contributed by atoms with Crippen molar-refractivity contribution in [2.75, 3.05) is 26.8 Å². The van der Waals surface area contributed by atoms with Crippen LogP contribution in [0.2, 0.25) is 0 Å². The first-order valence-electron chi connectivity index (χ1n) is 7.03. The van der Waals surface area contributed by atoms with Crippen molar-refractivity contribution in [2.45, 2.75) is 39.7 Å². The lowest BCUT2D eigenvalue weighted by molar-refractivity contribution is 0.197. The summed E-state index contributed by atoms with van der Waals surface area (Å²) < 4.78 is 8.40. The van der Waals surface area contributed by atoms with E-state index in [-0.39, 0.29) is 0 Å². The summed E-state index contributed by atoms with van der Waals surface area (Å²) in [6.07, 6.45) is 3.74. The van der Waals surface area contributed by atoms with Crippen LogP contribution < -0.4 is 5.32 Å². The Morgan fingerprint density at radius 3 is 2.79 bits per heavy atom. The Morgan fingerprint density at radius 1 is 1.47 bits per heavy atom. The first kappa shape index (κ1) is 15.0. The van der Waals surface area contributed by atoms with Gasteiger partial charge in [-0.2, -0.15) is 5.10 Å². The van der Waals surface area contributed by atoms with Crippen LogP contribution in [0.4, 0.5) is 0 Å². The molecule has 1 aliphatic rings. The summed E-state index contributed by atoms with van der Waals surface area (Å²) in [5.74, 6) is 0. The minimum Gasteiger partial charge on any atom is -0.383 e. The Hall–Kier alpha value is -0.390. The van der Waals surface area contributed by atoms with E-state index in [2.05, 4.69) is 44.9 Å². The van der Waals surface area contributed by atoms with Crippen molar-refractivity contribution in [3.63, 3.8) is 0 Å². The summed E-state index contributed by atoms with van der Waals surface area (Å²) in [4.78, 5) is 0. The van der Waals surface area contributed by atoms with Crippen molar-refractivity contribution >= 4 is 15.9 Å². The first-order chi connectivity index (χ1) is 9.12. The van der Waals surface area contributed by atoms with Crippen LogP contribution in [0, 0.1) is 12.3 Å². The van der Waals surface area contributed by atoms with Gasteiger partial charge in [0.05, 0.1) is 22.5 Å². The Balaban J connectivity index is 1.96. The molecule has 0 unspecified atom stereocenters. The molecule has 0 saturated heterocycles. The van der Waals surface area contributed by atoms with E-state index in [1.165, 1.54) is 23.0 Å². The van der Waals surface area contributed by atoms with Crippen LogP contribution in [0.5, 0.6) is 0 Å². The van der Waals surface area contributed by atoms with Crippen LogP contribution in [0.25, 0.3) is 0 Å². The van der Waals surface area contributed by atoms with Crippen molar-refractivity contribution in [2.24, 2.45) is 5.41 Å². The highest BCUT2D eigenvalue weighted by molar-refractivity contribution is 9.10. The second kappa shape index (κ2) is 6.37. The molecule has 0 aliphatic heterocycles. The van der Waals surface area contributed by atoms with E-state index in [4.69, 9.17) is 4.74 Å². The van der Waals surface area contributed by atoms with Crippen LogP contribution in [0.3, 0.4) is 0 Å². The van der Waals surface area contributed by atoms with Gasteiger partial charge in [0, 0.05) is 26.7 Å². The number of nitrogens with zero attached hydrogens (tertiary/aromatic N) is 2. The smallest absolute Gasteiger partial charge is 0.0738 e. The molecule has 5 heteroatoms. The van der Waals surface area contributed by atoms with E-state index in [1.54, 1.807) is 7.11 Å². The van der Waals surface area contributed by atoms with Crippen molar-refractivity contribution in [1.82, 2.24) is 15.1 Å². The molecule has 2 rings (SSSR count). The average molecular weight is 330 g/mol. The summed E-state index contributed by atoms with van der Waals surface area (Å²) in [5, 5.41) is 8.08. The Bertz CT molecular complexity index is 427. The van der Waals surface area contributed by atoms with Crippen molar-refractivity contribution in [1.29, 1.82) is 0 Å². The Labute approximate surface area is 124 Å². The molecule has 1 saturated carbocycles. The topological polar surface area (TPSA) is 39.1 Å². The molecule has 19 heavy (non-hydrogen) atoms. The molecule has 1 aromatic heterocycles. The van der Waals surface area contributed by atoms with Gasteiger partial charge in [-0.25, -0.2) is 0 Å². The number of aromatic nitrogens is 2. The van der Waals surface area contributed by atoms with Crippen molar-refractivity contribution in [3.05, 3.63) is 15.9 Å². The van der Waals surface area contributed by atoms with Crippen LogP contribution >= 0.6 is 15.9 Å². The first-order valence-corrected chi connectivity index (χ1v) is 7.82. The lowest BCUT2D eigenvalue weighted by atomic mass is 10.00. The SMILES string of the molecule is CCn1nc(C)c(Br)c1CC1(CNCCOC)CC1. The molecule has 1 heterocycles. The third kappa shape index (κ3) is 3.58. The summed E-state index contributed by atoms with van der Waals surface area (Å²) in [5.41, 5.74) is 2.89. The molecule has 1 aromatic rings. The minimum atomic E-state index is 0.440. The number of halogens is 1. The largest absolute Gasteiger partial charge is 0.383 e. The predicted molar refractivity (Wildman–Crippen MR) is 80.5 cm³/mol. The molecular formula is C14H24BrN3O. The number of ether oxygens (including phenoxy) is 1. The van der Waals surface area contributed by atoms with Gasteiger partial charge in [-0.15, -0.1) is 0 Å². The summed E-state index contributed by atoms with van der Waals surface area (Å²) >= 11 is 3.69. The van der Waals surface area contributed by atoms with Crippen LogP contribution in [-0.4, -0.2) is 36.6 Å². The van der Waals surface area contributed by atoms with E-state index in [0.29, 0.717) is 5.41 Å². The number of nitrogens with one attached hydrogen (secondary N) is 1. The maximum atomic E-state index is 5.07. The molecule has 0 amide bonds. The van der Waals surface area contributed by atoms with Crippen LogP contribution in [0.1, 0.15) is 31.2 Å². The summed E-state index contributed by atoms with van der Waals surface area (Å²) in [6.45, 7) is 7.96. The van der Waals surface area contributed by atoms with Gasteiger partial charge in [0.2, 0.25) is 0 Å². The molecule has 108 valence electrons. The fourth-order valence-corrected chi connectivity index (χ4v) is 2.94. The van der Waals surface area contributed by atoms with Gasteiger partial charge >= 0.3 is 0 Å². The van der Waals surface area contributed by atoms with Crippen LogP contribution in [-0.2, 0) is 17.7 Å². The molecule has 0 radical (unpaired) electrons. The molecule has 0 aromatic carbocycles.